The zero-order valence-electron chi connectivity index (χ0n) is 15.1. The highest BCUT2D eigenvalue weighted by Crippen LogP contribution is 2.19. The maximum absolute atomic E-state index is 11.5. The van der Waals surface area contributed by atoms with E-state index in [-0.39, 0.29) is 12.5 Å². The number of unbranched alkanes of at least 4 members (excludes halogenated alkanes) is 1. The standard InChI is InChI=1S/C19H23BrN4O3/c1-27-19(26)23-13-18(25)21-11-3-2-4-17-22-12-16(24-17)15-7-5-14(6-8-15)9-10-20/h5-10,12H,2-4,11,13H2,1H3,(H,21,25)(H,22,24)(H,23,26)/b10-9+. The number of nitrogens with one attached hydrogen (secondary N) is 3. The van der Waals surface area contributed by atoms with Crippen molar-refractivity contribution in [3.63, 3.8) is 0 Å². The lowest BCUT2D eigenvalue weighted by Gasteiger charge is -2.05. The summed E-state index contributed by atoms with van der Waals surface area (Å²) in [5, 5.41) is 5.08. The van der Waals surface area contributed by atoms with Crippen LogP contribution >= 0.6 is 15.9 Å². The predicted molar refractivity (Wildman–Crippen MR) is 108 cm³/mol. The van der Waals surface area contributed by atoms with Crippen molar-refractivity contribution in [2.24, 2.45) is 0 Å². The molecular weight excluding hydrogens is 412 g/mol. The number of hydrogen-bond acceptors (Lipinski definition) is 4. The third-order valence-corrected chi connectivity index (χ3v) is 4.11. The molecule has 1 heterocycles. The van der Waals surface area contributed by atoms with Crippen LogP contribution in [0.3, 0.4) is 0 Å². The first kappa shape index (κ1) is 20.7. The second-order valence-corrected chi connectivity index (χ2v) is 6.34. The highest BCUT2D eigenvalue weighted by Gasteiger charge is 2.05. The van der Waals surface area contributed by atoms with E-state index in [0.29, 0.717) is 6.54 Å². The number of benzene rings is 1. The average molecular weight is 435 g/mol. The lowest BCUT2D eigenvalue weighted by atomic mass is 10.1. The molecule has 0 fully saturated rings. The predicted octanol–water partition coefficient (Wildman–Crippen LogP) is 3.24. The van der Waals surface area contributed by atoms with E-state index in [9.17, 15) is 9.59 Å². The molecule has 144 valence electrons. The van der Waals surface area contributed by atoms with E-state index < -0.39 is 6.09 Å². The third kappa shape index (κ3) is 7.26. The van der Waals surface area contributed by atoms with E-state index in [1.54, 1.807) is 0 Å². The molecule has 0 spiro atoms. The SMILES string of the molecule is COC(=O)NCC(=O)NCCCCc1ncc(-c2ccc(/C=C/Br)cc2)[nH]1. The Balaban J connectivity index is 1.69. The highest BCUT2D eigenvalue weighted by molar-refractivity contribution is 9.11. The van der Waals surface area contributed by atoms with Crippen LogP contribution in [0.2, 0.25) is 0 Å². The highest BCUT2D eigenvalue weighted by atomic mass is 79.9. The number of methoxy groups -OCH3 is 1. The monoisotopic (exact) mass is 434 g/mol. The molecule has 0 saturated heterocycles. The maximum Gasteiger partial charge on any atom is 0.407 e. The largest absolute Gasteiger partial charge is 0.453 e. The number of rotatable bonds is 9. The molecule has 1 aromatic carbocycles. The molecule has 2 aromatic rings. The number of carbonyl (C=O) groups is 2. The number of carbonyl (C=O) groups excluding carboxylic acids is 2. The van der Waals surface area contributed by atoms with E-state index >= 15 is 0 Å². The summed E-state index contributed by atoms with van der Waals surface area (Å²) < 4.78 is 4.40. The minimum atomic E-state index is -0.618. The Morgan fingerprint density at radius 3 is 2.70 bits per heavy atom. The summed E-state index contributed by atoms with van der Waals surface area (Å²) in [5.74, 6) is 0.687. The molecule has 1 aromatic heterocycles. The molecule has 0 radical (unpaired) electrons. The van der Waals surface area contributed by atoms with Crippen molar-refractivity contribution < 1.29 is 14.3 Å². The molecule has 3 N–H and O–H groups in total. The van der Waals surface area contributed by atoms with Gasteiger partial charge in [0.05, 0.1) is 25.5 Å². The van der Waals surface area contributed by atoms with Crippen molar-refractivity contribution in [1.29, 1.82) is 0 Å². The fourth-order valence-corrected chi connectivity index (χ4v) is 2.72. The first-order valence-corrected chi connectivity index (χ1v) is 9.53. The molecule has 7 nitrogen and oxygen atoms in total. The van der Waals surface area contributed by atoms with Crippen LogP contribution in [0.5, 0.6) is 0 Å². The van der Waals surface area contributed by atoms with Crippen molar-refractivity contribution in [2.45, 2.75) is 19.3 Å². The molecule has 2 amide bonds. The number of aryl methyl sites for hydroxylation is 1. The Bertz CT molecular complexity index is 772. The lowest BCUT2D eigenvalue weighted by Crippen LogP contribution is -2.37. The number of imidazole rings is 1. The van der Waals surface area contributed by atoms with Gasteiger partial charge in [0, 0.05) is 13.0 Å². The van der Waals surface area contributed by atoms with Gasteiger partial charge in [-0.2, -0.15) is 0 Å². The summed E-state index contributed by atoms with van der Waals surface area (Å²) in [7, 11) is 1.25. The van der Waals surface area contributed by atoms with E-state index in [2.05, 4.69) is 53.4 Å². The Kier molecular flexibility index (Phi) is 8.57. The van der Waals surface area contributed by atoms with Crippen LogP contribution in [0.25, 0.3) is 17.3 Å². The summed E-state index contributed by atoms with van der Waals surface area (Å²) in [6.07, 6.45) is 5.73. The average Bonchev–Trinajstić information content (AvgIpc) is 3.15. The number of ether oxygens (including phenoxy) is 1. The molecular formula is C19H23BrN4O3. The first-order chi connectivity index (χ1) is 13.1. The molecule has 8 heteroatoms. The lowest BCUT2D eigenvalue weighted by molar-refractivity contribution is -0.120. The van der Waals surface area contributed by atoms with Gasteiger partial charge in [-0.3, -0.25) is 4.79 Å². The van der Waals surface area contributed by atoms with Gasteiger partial charge in [-0.15, -0.1) is 0 Å². The van der Waals surface area contributed by atoms with Crippen LogP contribution < -0.4 is 10.6 Å². The zero-order chi connectivity index (χ0) is 19.5. The number of amides is 2. The van der Waals surface area contributed by atoms with Gasteiger partial charge in [0.15, 0.2) is 0 Å². The van der Waals surface area contributed by atoms with Gasteiger partial charge >= 0.3 is 6.09 Å². The van der Waals surface area contributed by atoms with Crippen LogP contribution in [0.4, 0.5) is 4.79 Å². The smallest absolute Gasteiger partial charge is 0.407 e. The molecule has 0 unspecified atom stereocenters. The van der Waals surface area contributed by atoms with Gasteiger partial charge in [-0.25, -0.2) is 9.78 Å². The van der Waals surface area contributed by atoms with Crippen molar-refractivity contribution in [3.8, 4) is 11.3 Å². The molecule has 0 bridgehead atoms. The minimum absolute atomic E-state index is 0.0849. The normalized spacial score (nSPS) is 10.7. The van der Waals surface area contributed by atoms with Crippen molar-refractivity contribution in [1.82, 2.24) is 20.6 Å². The molecule has 0 aliphatic rings. The molecule has 27 heavy (non-hydrogen) atoms. The van der Waals surface area contributed by atoms with Crippen molar-refractivity contribution in [3.05, 3.63) is 46.8 Å². The molecule has 2 rings (SSSR count). The summed E-state index contributed by atoms with van der Waals surface area (Å²) in [6, 6.07) is 8.20. The number of H-pyrrole nitrogens is 1. The number of halogens is 1. The Morgan fingerprint density at radius 1 is 1.22 bits per heavy atom. The van der Waals surface area contributed by atoms with Gasteiger partial charge in [-0.05, 0) is 35.0 Å². The Morgan fingerprint density at radius 2 is 2.00 bits per heavy atom. The minimum Gasteiger partial charge on any atom is -0.453 e. The van der Waals surface area contributed by atoms with E-state index in [4.69, 9.17) is 0 Å². The van der Waals surface area contributed by atoms with Crippen LogP contribution in [0.15, 0.2) is 35.4 Å². The molecule has 0 aliphatic carbocycles. The van der Waals surface area contributed by atoms with Gasteiger partial charge in [0.2, 0.25) is 5.91 Å². The molecule has 0 saturated carbocycles. The number of aromatic amines is 1. The summed E-state index contributed by atoms with van der Waals surface area (Å²) in [4.78, 5) is 32.0. The topological polar surface area (TPSA) is 96.1 Å². The fourth-order valence-electron chi connectivity index (χ4n) is 2.42. The van der Waals surface area contributed by atoms with Crippen LogP contribution in [-0.2, 0) is 16.0 Å². The number of aromatic nitrogens is 2. The third-order valence-electron chi connectivity index (χ3n) is 3.85. The summed E-state index contributed by atoms with van der Waals surface area (Å²) >= 11 is 3.27. The zero-order valence-corrected chi connectivity index (χ0v) is 16.7. The van der Waals surface area contributed by atoms with Gasteiger partial charge < -0.3 is 20.4 Å². The van der Waals surface area contributed by atoms with E-state index in [1.165, 1.54) is 7.11 Å². The van der Waals surface area contributed by atoms with Crippen molar-refractivity contribution >= 4 is 34.0 Å². The van der Waals surface area contributed by atoms with Crippen LogP contribution in [0, 0.1) is 0 Å². The quantitative estimate of drug-likeness (QED) is 0.527. The molecule has 0 atom stereocenters. The second-order valence-electron chi connectivity index (χ2n) is 5.81. The van der Waals surface area contributed by atoms with Gasteiger partial charge in [0.25, 0.3) is 0 Å². The first-order valence-electron chi connectivity index (χ1n) is 8.62. The number of alkyl carbamates (subject to hydrolysis) is 1. The van der Waals surface area contributed by atoms with Gasteiger partial charge in [0.1, 0.15) is 5.82 Å². The molecule has 0 aliphatic heterocycles. The van der Waals surface area contributed by atoms with Crippen LogP contribution in [-0.4, -0.2) is 42.2 Å². The van der Waals surface area contributed by atoms with E-state index in [1.807, 2.05) is 29.4 Å². The van der Waals surface area contributed by atoms with Crippen LogP contribution in [0.1, 0.15) is 24.2 Å². The number of hydrogen-bond donors (Lipinski definition) is 3. The number of nitrogens with zero attached hydrogens (tertiary/aromatic N) is 1. The maximum atomic E-state index is 11.5. The fraction of sp³-hybridized carbons (Fsp3) is 0.316. The second kappa shape index (κ2) is 11.2. The Labute approximate surface area is 166 Å². The van der Waals surface area contributed by atoms with E-state index in [0.717, 1.165) is 41.9 Å². The van der Waals surface area contributed by atoms with Crippen molar-refractivity contribution in [2.75, 3.05) is 20.2 Å². The summed E-state index contributed by atoms with van der Waals surface area (Å²) in [6.45, 7) is 0.468. The Hall–Kier alpha value is -2.61. The van der Waals surface area contributed by atoms with Gasteiger partial charge in [-0.1, -0.05) is 40.2 Å². The summed E-state index contributed by atoms with van der Waals surface area (Å²) in [5.41, 5.74) is 3.20.